The highest BCUT2D eigenvalue weighted by atomic mass is 16.5. The molecule has 0 spiro atoms. The van der Waals surface area contributed by atoms with Crippen LogP contribution in [0.25, 0.3) is 17.0 Å². The maximum atomic E-state index is 12.8. The number of carbonyl (C=O) groups excluding carboxylic acids is 2. The minimum Gasteiger partial charge on any atom is -0.479 e. The van der Waals surface area contributed by atoms with Crippen molar-refractivity contribution < 1.29 is 19.1 Å². The third-order valence-electron chi connectivity index (χ3n) is 4.40. The number of Topliss-reactive ketones (excluding diaryl/α,β-unsaturated/α-hetero) is 1. The molecule has 2 aromatic carbocycles. The zero-order valence-electron chi connectivity index (χ0n) is 16.1. The summed E-state index contributed by atoms with van der Waals surface area (Å²) in [5.74, 6) is -0.284. The van der Waals surface area contributed by atoms with E-state index in [0.717, 1.165) is 22.2 Å². The van der Waals surface area contributed by atoms with Crippen molar-refractivity contribution in [2.45, 2.75) is 20.0 Å². The van der Waals surface area contributed by atoms with E-state index in [9.17, 15) is 9.59 Å². The van der Waals surface area contributed by atoms with Crippen LogP contribution >= 0.6 is 0 Å². The summed E-state index contributed by atoms with van der Waals surface area (Å²) < 4.78 is 10.5. The van der Waals surface area contributed by atoms with Gasteiger partial charge in [0.15, 0.2) is 12.7 Å². The second-order valence-electron chi connectivity index (χ2n) is 6.46. The molecule has 0 radical (unpaired) electrons. The Labute approximate surface area is 168 Å². The standard InChI is InChI=1S/C23H20N2O4/c1-15-22(19-5-3-4-6-20(19)25-15)23(27)16(2)29-21(26)12-9-17-7-10-18(11-8-17)28-14-13-24/h3-12,16,25H,14H2,1-2H3/b12-9-/t16-/m0/s1. The van der Waals surface area contributed by atoms with Gasteiger partial charge in [-0.3, -0.25) is 4.79 Å². The molecule has 0 amide bonds. The Hall–Kier alpha value is -3.85. The Morgan fingerprint density at radius 2 is 1.90 bits per heavy atom. The fourth-order valence-corrected chi connectivity index (χ4v) is 3.02. The molecule has 0 saturated heterocycles. The number of hydrogen-bond donors (Lipinski definition) is 1. The molecular weight excluding hydrogens is 368 g/mol. The summed E-state index contributed by atoms with van der Waals surface area (Å²) in [4.78, 5) is 28.1. The second-order valence-corrected chi connectivity index (χ2v) is 6.46. The van der Waals surface area contributed by atoms with Gasteiger partial charge in [0.25, 0.3) is 0 Å². The van der Waals surface area contributed by atoms with E-state index in [-0.39, 0.29) is 12.4 Å². The van der Waals surface area contributed by atoms with Crippen molar-refractivity contribution in [1.82, 2.24) is 4.98 Å². The van der Waals surface area contributed by atoms with E-state index in [0.29, 0.717) is 11.3 Å². The fraction of sp³-hybridized carbons (Fsp3) is 0.174. The number of nitrogens with zero attached hydrogens (tertiary/aromatic N) is 1. The van der Waals surface area contributed by atoms with E-state index in [1.807, 2.05) is 37.3 Å². The van der Waals surface area contributed by atoms with E-state index >= 15 is 0 Å². The predicted octanol–water partition coefficient (Wildman–Crippen LogP) is 4.21. The van der Waals surface area contributed by atoms with Crippen molar-refractivity contribution >= 4 is 28.7 Å². The number of nitrogens with one attached hydrogen (secondary N) is 1. The van der Waals surface area contributed by atoms with Crippen LogP contribution in [0.5, 0.6) is 5.75 Å². The highest BCUT2D eigenvalue weighted by molar-refractivity contribution is 6.11. The Kier molecular flexibility index (Phi) is 6.10. The number of rotatable bonds is 7. The van der Waals surface area contributed by atoms with Crippen LogP contribution in [0.3, 0.4) is 0 Å². The number of H-pyrrole nitrogens is 1. The van der Waals surface area contributed by atoms with Crippen LogP contribution in [-0.2, 0) is 9.53 Å². The molecule has 0 fully saturated rings. The van der Waals surface area contributed by atoms with E-state index in [2.05, 4.69) is 4.98 Å². The smallest absolute Gasteiger partial charge is 0.331 e. The van der Waals surface area contributed by atoms with Gasteiger partial charge in [0.05, 0.1) is 0 Å². The van der Waals surface area contributed by atoms with Crippen molar-refractivity contribution in [3.05, 3.63) is 71.4 Å². The molecule has 1 atom stereocenters. The number of esters is 1. The number of benzene rings is 2. The molecule has 0 unspecified atom stereocenters. The molecule has 1 N–H and O–H groups in total. The lowest BCUT2D eigenvalue weighted by Crippen LogP contribution is -2.24. The maximum absolute atomic E-state index is 12.8. The molecule has 0 aliphatic heterocycles. The number of para-hydroxylation sites is 1. The normalized spacial score (nSPS) is 11.9. The Morgan fingerprint density at radius 3 is 2.62 bits per heavy atom. The first-order valence-electron chi connectivity index (χ1n) is 9.09. The van der Waals surface area contributed by atoms with E-state index in [1.165, 1.54) is 6.08 Å². The number of aryl methyl sites for hydroxylation is 1. The third kappa shape index (κ3) is 4.71. The van der Waals surface area contributed by atoms with Gasteiger partial charge in [-0.05, 0) is 43.7 Å². The Bertz CT molecular complexity index is 1100. The minimum absolute atomic E-state index is 0.0245. The van der Waals surface area contributed by atoms with Gasteiger partial charge < -0.3 is 14.5 Å². The quantitative estimate of drug-likeness (QED) is 0.372. The van der Waals surface area contributed by atoms with E-state index in [4.69, 9.17) is 14.7 Å². The van der Waals surface area contributed by atoms with Crippen LogP contribution < -0.4 is 4.74 Å². The fourth-order valence-electron chi connectivity index (χ4n) is 3.02. The van der Waals surface area contributed by atoms with Crippen molar-refractivity contribution in [2.75, 3.05) is 6.61 Å². The van der Waals surface area contributed by atoms with Crippen molar-refractivity contribution in [2.24, 2.45) is 0 Å². The molecule has 0 aliphatic rings. The molecule has 1 heterocycles. The Morgan fingerprint density at radius 1 is 1.17 bits per heavy atom. The number of aromatic nitrogens is 1. The first-order chi connectivity index (χ1) is 14.0. The molecule has 3 rings (SSSR count). The third-order valence-corrected chi connectivity index (χ3v) is 4.40. The van der Waals surface area contributed by atoms with E-state index < -0.39 is 12.1 Å². The number of ketones is 1. The average Bonchev–Trinajstić information content (AvgIpc) is 3.06. The van der Waals surface area contributed by atoms with Crippen molar-refractivity contribution in [1.29, 1.82) is 5.26 Å². The summed E-state index contributed by atoms with van der Waals surface area (Å²) in [5, 5.41) is 9.31. The number of fused-ring (bicyclic) bond motifs is 1. The highest BCUT2D eigenvalue weighted by Gasteiger charge is 2.23. The number of aromatic amines is 1. The summed E-state index contributed by atoms with van der Waals surface area (Å²) in [6.45, 7) is 3.37. The largest absolute Gasteiger partial charge is 0.479 e. The Balaban J connectivity index is 1.64. The number of ether oxygens (including phenoxy) is 2. The van der Waals surface area contributed by atoms with E-state index in [1.54, 1.807) is 37.3 Å². The first-order valence-corrected chi connectivity index (χ1v) is 9.09. The van der Waals surface area contributed by atoms with Gasteiger partial charge in [0.1, 0.15) is 11.8 Å². The molecule has 0 bridgehead atoms. The van der Waals surface area contributed by atoms with Crippen LogP contribution in [0.4, 0.5) is 0 Å². The first kappa shape index (κ1) is 19.9. The average molecular weight is 388 g/mol. The van der Waals surface area contributed by atoms with Gasteiger partial charge >= 0.3 is 5.97 Å². The SMILES string of the molecule is Cc1[nH]c2ccccc2c1C(=O)[C@H](C)OC(=O)/C=C\c1ccc(OCC#N)cc1. The molecular formula is C23H20N2O4. The summed E-state index contributed by atoms with van der Waals surface area (Å²) in [7, 11) is 0. The maximum Gasteiger partial charge on any atom is 0.331 e. The molecule has 1 aromatic heterocycles. The topological polar surface area (TPSA) is 92.2 Å². The molecule has 6 nitrogen and oxygen atoms in total. The zero-order valence-corrected chi connectivity index (χ0v) is 16.1. The predicted molar refractivity (Wildman–Crippen MR) is 110 cm³/mol. The number of hydrogen-bond acceptors (Lipinski definition) is 5. The zero-order chi connectivity index (χ0) is 20.8. The summed E-state index contributed by atoms with van der Waals surface area (Å²) in [6.07, 6.45) is 1.95. The van der Waals surface area contributed by atoms with Gasteiger partial charge in [-0.15, -0.1) is 0 Å². The summed E-state index contributed by atoms with van der Waals surface area (Å²) in [5.41, 5.74) is 2.91. The molecule has 0 saturated carbocycles. The van der Waals surface area contributed by atoms with Gasteiger partial charge in [0, 0.05) is 28.2 Å². The monoisotopic (exact) mass is 388 g/mol. The van der Waals surface area contributed by atoms with Crippen LogP contribution in [0.15, 0.2) is 54.6 Å². The summed E-state index contributed by atoms with van der Waals surface area (Å²) >= 11 is 0. The van der Waals surface area contributed by atoms with Crippen LogP contribution in [0.1, 0.15) is 28.5 Å². The van der Waals surface area contributed by atoms with Crippen LogP contribution in [0, 0.1) is 18.3 Å². The van der Waals surface area contributed by atoms with Crippen LogP contribution in [-0.4, -0.2) is 29.4 Å². The van der Waals surface area contributed by atoms with Gasteiger partial charge in [-0.25, -0.2) is 4.79 Å². The van der Waals surface area contributed by atoms with Gasteiger partial charge in [0.2, 0.25) is 5.78 Å². The molecule has 146 valence electrons. The molecule has 0 aliphatic carbocycles. The molecule has 29 heavy (non-hydrogen) atoms. The lowest BCUT2D eigenvalue weighted by atomic mass is 10.0. The van der Waals surface area contributed by atoms with Crippen molar-refractivity contribution in [3.8, 4) is 11.8 Å². The van der Waals surface area contributed by atoms with Gasteiger partial charge in [-0.2, -0.15) is 5.26 Å². The van der Waals surface area contributed by atoms with Crippen LogP contribution in [0.2, 0.25) is 0 Å². The number of nitriles is 1. The molecule has 6 heteroatoms. The lowest BCUT2D eigenvalue weighted by molar-refractivity contribution is -0.140. The van der Waals surface area contributed by atoms with Gasteiger partial charge in [-0.1, -0.05) is 30.3 Å². The second kappa shape index (κ2) is 8.89. The van der Waals surface area contributed by atoms with Crippen molar-refractivity contribution in [3.63, 3.8) is 0 Å². The highest BCUT2D eigenvalue weighted by Crippen LogP contribution is 2.24. The molecule has 3 aromatic rings. The number of carbonyl (C=O) groups is 2. The minimum atomic E-state index is -0.910. The lowest BCUT2D eigenvalue weighted by Gasteiger charge is -2.11. The summed E-state index contributed by atoms with van der Waals surface area (Å²) in [6, 6.07) is 16.3.